The molecule has 1 rings (SSSR count). The summed E-state index contributed by atoms with van der Waals surface area (Å²) in [6.07, 6.45) is 4.00. The van der Waals surface area contributed by atoms with E-state index in [0.717, 1.165) is 25.9 Å². The first-order chi connectivity index (χ1) is 7.67. The molecule has 0 aromatic rings. The Labute approximate surface area is 99.1 Å². The molecular weight excluding hydrogens is 204 g/mol. The van der Waals surface area contributed by atoms with E-state index in [9.17, 15) is 5.11 Å². The fraction of sp³-hybridized carbons (Fsp3) is 1.00. The average molecular weight is 230 g/mol. The summed E-state index contributed by atoms with van der Waals surface area (Å²) in [5.74, 6) is 0.715. The van der Waals surface area contributed by atoms with Gasteiger partial charge in [0.05, 0.1) is 24.9 Å². The van der Waals surface area contributed by atoms with Crippen LogP contribution in [0.1, 0.15) is 46.5 Å². The molecule has 0 amide bonds. The predicted octanol–water partition coefficient (Wildman–Crippen LogP) is 2.37. The summed E-state index contributed by atoms with van der Waals surface area (Å²) in [5.41, 5.74) is 0. The van der Waals surface area contributed by atoms with E-state index in [-0.39, 0.29) is 18.3 Å². The highest BCUT2D eigenvalue weighted by Crippen LogP contribution is 2.29. The molecule has 16 heavy (non-hydrogen) atoms. The molecule has 3 heteroatoms. The van der Waals surface area contributed by atoms with Crippen LogP contribution in [-0.2, 0) is 9.47 Å². The van der Waals surface area contributed by atoms with Crippen molar-refractivity contribution in [1.29, 1.82) is 0 Å². The van der Waals surface area contributed by atoms with E-state index in [0.29, 0.717) is 12.5 Å². The molecule has 0 aromatic carbocycles. The first-order valence-corrected chi connectivity index (χ1v) is 6.58. The molecule has 1 aliphatic rings. The minimum absolute atomic E-state index is 0.00848. The third-order valence-electron chi connectivity index (χ3n) is 3.41. The molecule has 0 radical (unpaired) electrons. The van der Waals surface area contributed by atoms with Gasteiger partial charge in [0.25, 0.3) is 0 Å². The molecule has 0 spiro atoms. The maximum Gasteiger partial charge on any atom is 0.0841 e. The van der Waals surface area contributed by atoms with Crippen LogP contribution in [0.3, 0.4) is 0 Å². The van der Waals surface area contributed by atoms with E-state index < -0.39 is 0 Å². The molecule has 1 N–H and O–H groups in total. The van der Waals surface area contributed by atoms with Gasteiger partial charge < -0.3 is 14.6 Å². The van der Waals surface area contributed by atoms with Crippen LogP contribution in [0.15, 0.2) is 0 Å². The molecule has 3 nitrogen and oxygen atoms in total. The largest absolute Gasteiger partial charge is 0.390 e. The minimum Gasteiger partial charge on any atom is -0.390 e. The summed E-state index contributed by atoms with van der Waals surface area (Å²) in [4.78, 5) is 0. The van der Waals surface area contributed by atoms with Crippen molar-refractivity contribution in [2.45, 2.75) is 64.8 Å². The number of hydrogen-bond donors (Lipinski definition) is 1. The van der Waals surface area contributed by atoms with Gasteiger partial charge in [0.15, 0.2) is 0 Å². The van der Waals surface area contributed by atoms with Gasteiger partial charge in [-0.15, -0.1) is 0 Å². The molecule has 96 valence electrons. The van der Waals surface area contributed by atoms with E-state index in [1.54, 1.807) is 0 Å². The Kier molecular flexibility index (Phi) is 6.32. The highest BCUT2D eigenvalue weighted by Gasteiger charge is 2.30. The summed E-state index contributed by atoms with van der Waals surface area (Å²) in [7, 11) is 0. The zero-order valence-electron chi connectivity index (χ0n) is 10.8. The van der Waals surface area contributed by atoms with Crippen molar-refractivity contribution in [3.63, 3.8) is 0 Å². The van der Waals surface area contributed by atoms with Crippen LogP contribution in [-0.4, -0.2) is 36.6 Å². The minimum atomic E-state index is -0.285. The zero-order chi connectivity index (χ0) is 12.0. The quantitative estimate of drug-likeness (QED) is 0.761. The van der Waals surface area contributed by atoms with Crippen molar-refractivity contribution >= 4 is 0 Å². The molecular formula is C13H26O3. The zero-order valence-corrected chi connectivity index (χ0v) is 10.8. The third kappa shape index (κ3) is 4.40. The van der Waals surface area contributed by atoms with Crippen molar-refractivity contribution in [3.05, 3.63) is 0 Å². The molecule has 1 saturated carbocycles. The van der Waals surface area contributed by atoms with Crippen LogP contribution in [0, 0.1) is 5.92 Å². The lowest BCUT2D eigenvalue weighted by molar-refractivity contribution is -0.116. The molecule has 4 atom stereocenters. The van der Waals surface area contributed by atoms with Crippen LogP contribution in [0.5, 0.6) is 0 Å². The molecule has 1 aliphatic carbocycles. The maximum atomic E-state index is 9.89. The standard InChI is InChI=1S/C13H26O3/c1-4-11-6-7-12(14)13(8-11)16-10(3)9-15-5-2/h10-14H,4-9H2,1-3H3. The van der Waals surface area contributed by atoms with Crippen LogP contribution in [0.25, 0.3) is 0 Å². The van der Waals surface area contributed by atoms with Crippen molar-refractivity contribution < 1.29 is 14.6 Å². The number of aliphatic hydroxyl groups excluding tert-OH is 1. The topological polar surface area (TPSA) is 38.7 Å². The van der Waals surface area contributed by atoms with Gasteiger partial charge in [-0.1, -0.05) is 13.3 Å². The Bertz CT molecular complexity index is 184. The Morgan fingerprint density at radius 1 is 1.31 bits per heavy atom. The fourth-order valence-corrected chi connectivity index (χ4v) is 2.33. The van der Waals surface area contributed by atoms with E-state index in [2.05, 4.69) is 6.92 Å². The lowest BCUT2D eigenvalue weighted by atomic mass is 9.84. The average Bonchev–Trinajstić information content (AvgIpc) is 2.29. The fourth-order valence-electron chi connectivity index (χ4n) is 2.33. The van der Waals surface area contributed by atoms with Crippen molar-refractivity contribution in [3.8, 4) is 0 Å². The maximum absolute atomic E-state index is 9.89. The second-order valence-electron chi connectivity index (χ2n) is 4.80. The molecule has 0 saturated heterocycles. The second kappa shape index (κ2) is 7.25. The van der Waals surface area contributed by atoms with Crippen LogP contribution >= 0.6 is 0 Å². The van der Waals surface area contributed by atoms with Crippen molar-refractivity contribution in [1.82, 2.24) is 0 Å². The molecule has 0 bridgehead atoms. The van der Waals surface area contributed by atoms with E-state index in [4.69, 9.17) is 9.47 Å². The van der Waals surface area contributed by atoms with Crippen molar-refractivity contribution in [2.24, 2.45) is 5.92 Å². The number of ether oxygens (including phenoxy) is 2. The highest BCUT2D eigenvalue weighted by molar-refractivity contribution is 4.80. The highest BCUT2D eigenvalue weighted by atomic mass is 16.5. The molecule has 4 unspecified atom stereocenters. The number of hydrogen-bond acceptors (Lipinski definition) is 3. The monoisotopic (exact) mass is 230 g/mol. The van der Waals surface area contributed by atoms with E-state index >= 15 is 0 Å². The van der Waals surface area contributed by atoms with Crippen molar-refractivity contribution in [2.75, 3.05) is 13.2 Å². The first-order valence-electron chi connectivity index (χ1n) is 6.58. The predicted molar refractivity (Wildman–Crippen MR) is 64.5 cm³/mol. The lowest BCUT2D eigenvalue weighted by Crippen LogP contribution is -2.38. The van der Waals surface area contributed by atoms with E-state index in [1.165, 1.54) is 6.42 Å². The Morgan fingerprint density at radius 3 is 2.69 bits per heavy atom. The molecule has 1 fully saturated rings. The van der Waals surface area contributed by atoms with Crippen LogP contribution < -0.4 is 0 Å². The third-order valence-corrected chi connectivity index (χ3v) is 3.41. The Balaban J connectivity index is 2.32. The summed E-state index contributed by atoms with van der Waals surface area (Å²) in [5, 5.41) is 9.89. The molecule has 0 aromatic heterocycles. The second-order valence-corrected chi connectivity index (χ2v) is 4.80. The Hall–Kier alpha value is -0.120. The molecule has 0 aliphatic heterocycles. The van der Waals surface area contributed by atoms with Gasteiger partial charge in [-0.2, -0.15) is 0 Å². The van der Waals surface area contributed by atoms with Crippen LogP contribution in [0.2, 0.25) is 0 Å². The van der Waals surface area contributed by atoms with Gasteiger partial charge in [0.2, 0.25) is 0 Å². The van der Waals surface area contributed by atoms with Gasteiger partial charge in [0.1, 0.15) is 0 Å². The summed E-state index contributed by atoms with van der Waals surface area (Å²) in [6.45, 7) is 7.55. The van der Waals surface area contributed by atoms with Crippen LogP contribution in [0.4, 0.5) is 0 Å². The Morgan fingerprint density at radius 2 is 2.06 bits per heavy atom. The van der Waals surface area contributed by atoms with E-state index in [1.807, 2.05) is 13.8 Å². The summed E-state index contributed by atoms with van der Waals surface area (Å²) >= 11 is 0. The SMILES string of the molecule is CCOCC(C)OC1CC(CC)CCC1O. The smallest absolute Gasteiger partial charge is 0.0841 e. The number of aliphatic hydroxyl groups is 1. The van der Waals surface area contributed by atoms with Gasteiger partial charge in [0, 0.05) is 6.61 Å². The summed E-state index contributed by atoms with van der Waals surface area (Å²) in [6, 6.07) is 0. The number of rotatable bonds is 6. The summed E-state index contributed by atoms with van der Waals surface area (Å²) < 4.78 is 11.2. The van der Waals surface area contributed by atoms with Gasteiger partial charge in [-0.25, -0.2) is 0 Å². The molecule has 0 heterocycles. The van der Waals surface area contributed by atoms with Gasteiger partial charge >= 0.3 is 0 Å². The lowest BCUT2D eigenvalue weighted by Gasteiger charge is -2.34. The van der Waals surface area contributed by atoms with Gasteiger partial charge in [-0.3, -0.25) is 0 Å². The van der Waals surface area contributed by atoms with Gasteiger partial charge in [-0.05, 0) is 39.0 Å². The normalized spacial score (nSPS) is 32.6. The first kappa shape index (κ1) is 13.9.